The number of fused-ring (bicyclic) bond motifs is 3. The Balaban J connectivity index is 1.98. The second-order valence-corrected chi connectivity index (χ2v) is 5.39. The Morgan fingerprint density at radius 1 is 1.25 bits per heavy atom. The van der Waals surface area contributed by atoms with Crippen molar-refractivity contribution in [2.45, 2.75) is 6.92 Å². The van der Waals surface area contributed by atoms with E-state index in [-0.39, 0.29) is 5.56 Å². The average Bonchev–Trinajstić information content (AvgIpc) is 2.99. The molecule has 7 heteroatoms. The van der Waals surface area contributed by atoms with Crippen LogP contribution in [0.1, 0.15) is 16.1 Å². The van der Waals surface area contributed by atoms with Crippen LogP contribution in [-0.4, -0.2) is 30.4 Å². The lowest BCUT2D eigenvalue weighted by Crippen LogP contribution is -2.03. The summed E-state index contributed by atoms with van der Waals surface area (Å²) >= 11 is 0. The molecule has 0 aliphatic carbocycles. The smallest absolute Gasteiger partial charge is 0.339 e. The number of carboxylic acid groups (broad SMARTS) is 1. The van der Waals surface area contributed by atoms with Crippen LogP contribution in [0, 0.1) is 6.92 Å². The summed E-state index contributed by atoms with van der Waals surface area (Å²) in [6.45, 7) is 1.90. The van der Waals surface area contributed by atoms with E-state index in [1.165, 1.54) is 6.07 Å². The lowest BCUT2D eigenvalue weighted by atomic mass is 10.2. The summed E-state index contributed by atoms with van der Waals surface area (Å²) in [4.78, 5) is 24.3. The molecule has 2 N–H and O–H groups in total. The van der Waals surface area contributed by atoms with Gasteiger partial charge in [-0.2, -0.15) is 0 Å². The van der Waals surface area contributed by atoms with Gasteiger partial charge in [0.1, 0.15) is 11.4 Å². The number of aromatic nitrogens is 4. The fourth-order valence-electron chi connectivity index (χ4n) is 2.70. The molecule has 118 valence electrons. The topological polar surface area (TPSA) is 92.4 Å². The predicted octanol–water partition coefficient (Wildman–Crippen LogP) is 3.03. The Bertz CT molecular complexity index is 1090. The number of pyridine rings is 2. The van der Waals surface area contributed by atoms with Gasteiger partial charge in [0.05, 0.1) is 11.7 Å². The highest BCUT2D eigenvalue weighted by Crippen LogP contribution is 2.27. The minimum Gasteiger partial charge on any atom is -0.478 e. The first-order valence-electron chi connectivity index (χ1n) is 7.31. The molecule has 0 aromatic carbocycles. The molecular weight excluding hydrogens is 306 g/mol. The van der Waals surface area contributed by atoms with E-state index in [0.717, 1.165) is 22.3 Å². The molecule has 0 saturated heterocycles. The van der Waals surface area contributed by atoms with Gasteiger partial charge >= 0.3 is 5.97 Å². The van der Waals surface area contributed by atoms with E-state index in [2.05, 4.69) is 20.3 Å². The lowest BCUT2D eigenvalue weighted by Gasteiger charge is -2.11. The van der Waals surface area contributed by atoms with Crippen LogP contribution in [0.2, 0.25) is 0 Å². The Hall–Kier alpha value is -3.48. The van der Waals surface area contributed by atoms with Crippen LogP contribution in [0.15, 0.2) is 49.1 Å². The largest absolute Gasteiger partial charge is 0.478 e. The Kier molecular flexibility index (Phi) is 3.13. The number of hydrogen-bond acceptors (Lipinski definition) is 5. The third-order valence-electron chi connectivity index (χ3n) is 3.78. The van der Waals surface area contributed by atoms with E-state index in [4.69, 9.17) is 0 Å². The quantitative estimate of drug-likeness (QED) is 0.603. The highest BCUT2D eigenvalue weighted by Gasteiger charge is 2.16. The number of aromatic carboxylic acids is 1. The first-order valence-corrected chi connectivity index (χ1v) is 7.31. The summed E-state index contributed by atoms with van der Waals surface area (Å²) in [7, 11) is 0. The maximum atomic E-state index is 11.4. The molecule has 4 aromatic rings. The summed E-state index contributed by atoms with van der Waals surface area (Å²) in [6, 6.07) is 7.12. The standard InChI is InChI=1S/C17H13N5O2/c1-10-8-11(2-6-19-10)20-15-12-3-5-18-9-14(12)22-7-4-13(17(23)24)16(22)21-15/h2-9H,1H3,(H,23,24)(H,19,20,21). The second-order valence-electron chi connectivity index (χ2n) is 5.39. The predicted molar refractivity (Wildman–Crippen MR) is 89.7 cm³/mol. The summed E-state index contributed by atoms with van der Waals surface area (Å²) in [5.74, 6) is -0.439. The first-order chi connectivity index (χ1) is 11.6. The van der Waals surface area contributed by atoms with Crippen molar-refractivity contribution in [3.05, 3.63) is 60.3 Å². The maximum Gasteiger partial charge on any atom is 0.339 e. The molecule has 0 amide bonds. The fraction of sp³-hybridized carbons (Fsp3) is 0.0588. The van der Waals surface area contributed by atoms with Gasteiger partial charge in [-0.3, -0.25) is 14.4 Å². The number of hydrogen-bond donors (Lipinski definition) is 2. The maximum absolute atomic E-state index is 11.4. The number of nitrogens with zero attached hydrogens (tertiary/aromatic N) is 4. The van der Waals surface area contributed by atoms with Gasteiger partial charge in [-0.25, -0.2) is 9.78 Å². The molecule has 0 aliphatic heterocycles. The van der Waals surface area contributed by atoms with Gasteiger partial charge < -0.3 is 10.4 Å². The third kappa shape index (κ3) is 2.23. The molecule has 7 nitrogen and oxygen atoms in total. The van der Waals surface area contributed by atoms with Crippen molar-refractivity contribution in [3.8, 4) is 0 Å². The van der Waals surface area contributed by atoms with Gasteiger partial charge in [0.25, 0.3) is 0 Å². The number of aryl methyl sites for hydroxylation is 1. The Labute approximate surface area is 136 Å². The van der Waals surface area contributed by atoms with Crippen molar-refractivity contribution in [1.29, 1.82) is 0 Å². The van der Waals surface area contributed by atoms with Gasteiger partial charge in [0, 0.05) is 35.4 Å². The van der Waals surface area contributed by atoms with E-state index in [0.29, 0.717) is 11.5 Å². The summed E-state index contributed by atoms with van der Waals surface area (Å²) in [5, 5.41) is 13.5. The number of carbonyl (C=O) groups is 1. The second kappa shape index (κ2) is 5.31. The first kappa shape index (κ1) is 14.1. The molecule has 4 rings (SSSR count). The van der Waals surface area contributed by atoms with Crippen molar-refractivity contribution in [2.24, 2.45) is 0 Å². The number of rotatable bonds is 3. The van der Waals surface area contributed by atoms with Crippen LogP contribution >= 0.6 is 0 Å². The lowest BCUT2D eigenvalue weighted by molar-refractivity contribution is 0.0699. The summed E-state index contributed by atoms with van der Waals surface area (Å²) in [6.07, 6.45) is 6.77. The van der Waals surface area contributed by atoms with E-state index in [1.807, 2.05) is 25.1 Å². The number of nitrogens with one attached hydrogen (secondary N) is 1. The third-order valence-corrected chi connectivity index (χ3v) is 3.78. The van der Waals surface area contributed by atoms with Crippen LogP contribution in [0.4, 0.5) is 11.5 Å². The van der Waals surface area contributed by atoms with Crippen molar-refractivity contribution in [3.63, 3.8) is 0 Å². The van der Waals surface area contributed by atoms with E-state index >= 15 is 0 Å². The average molecular weight is 319 g/mol. The molecule has 0 fully saturated rings. The van der Waals surface area contributed by atoms with E-state index in [1.54, 1.807) is 29.2 Å². The molecule has 0 bridgehead atoms. The van der Waals surface area contributed by atoms with E-state index < -0.39 is 5.97 Å². The highest BCUT2D eigenvalue weighted by molar-refractivity contribution is 5.99. The van der Waals surface area contributed by atoms with Gasteiger partial charge in [-0.15, -0.1) is 0 Å². The molecular formula is C17H13N5O2. The van der Waals surface area contributed by atoms with Crippen molar-refractivity contribution in [1.82, 2.24) is 19.4 Å². The van der Waals surface area contributed by atoms with Crippen LogP contribution in [0.5, 0.6) is 0 Å². The summed E-state index contributed by atoms with van der Waals surface area (Å²) < 4.78 is 1.73. The molecule has 0 atom stereocenters. The zero-order chi connectivity index (χ0) is 16.7. The SMILES string of the molecule is Cc1cc(Nc2nc3c(C(=O)O)ccn3c3cnccc23)ccn1. The van der Waals surface area contributed by atoms with Crippen molar-refractivity contribution >= 4 is 34.0 Å². The molecule has 0 saturated carbocycles. The molecule has 0 spiro atoms. The molecule has 4 aromatic heterocycles. The minimum absolute atomic E-state index is 0.148. The highest BCUT2D eigenvalue weighted by atomic mass is 16.4. The van der Waals surface area contributed by atoms with Crippen molar-refractivity contribution in [2.75, 3.05) is 5.32 Å². The van der Waals surface area contributed by atoms with Crippen LogP contribution in [-0.2, 0) is 0 Å². The normalized spacial score (nSPS) is 11.0. The summed E-state index contributed by atoms with van der Waals surface area (Å²) in [5.41, 5.74) is 3.01. The van der Waals surface area contributed by atoms with E-state index in [9.17, 15) is 9.90 Å². The minimum atomic E-state index is -1.01. The van der Waals surface area contributed by atoms with Crippen LogP contribution in [0.25, 0.3) is 16.6 Å². The Morgan fingerprint density at radius 3 is 2.92 bits per heavy atom. The monoisotopic (exact) mass is 319 g/mol. The molecule has 24 heavy (non-hydrogen) atoms. The zero-order valence-electron chi connectivity index (χ0n) is 12.8. The number of anilines is 2. The molecule has 4 heterocycles. The van der Waals surface area contributed by atoms with Crippen LogP contribution in [0.3, 0.4) is 0 Å². The molecule has 0 unspecified atom stereocenters. The Morgan fingerprint density at radius 2 is 2.12 bits per heavy atom. The van der Waals surface area contributed by atoms with Gasteiger partial charge in [0.2, 0.25) is 0 Å². The fourth-order valence-corrected chi connectivity index (χ4v) is 2.70. The van der Waals surface area contributed by atoms with Gasteiger partial charge in [0.15, 0.2) is 5.65 Å². The molecule has 0 aliphatic rings. The van der Waals surface area contributed by atoms with Crippen LogP contribution < -0.4 is 5.32 Å². The zero-order valence-corrected chi connectivity index (χ0v) is 12.8. The number of carboxylic acids is 1. The molecule has 0 radical (unpaired) electrons. The van der Waals surface area contributed by atoms with Gasteiger partial charge in [-0.05, 0) is 31.2 Å². The van der Waals surface area contributed by atoms with Gasteiger partial charge in [-0.1, -0.05) is 0 Å². The van der Waals surface area contributed by atoms with Crippen molar-refractivity contribution < 1.29 is 9.90 Å².